The van der Waals surface area contributed by atoms with E-state index in [1.54, 1.807) is 6.20 Å². The van der Waals surface area contributed by atoms with E-state index < -0.39 is 0 Å². The topological polar surface area (TPSA) is 19.4 Å². The molecule has 4 heteroatoms. The fourth-order valence-electron chi connectivity index (χ4n) is 4.04. The first kappa shape index (κ1) is 24.5. The summed E-state index contributed by atoms with van der Waals surface area (Å²) in [5.41, 5.74) is 2.74. The van der Waals surface area contributed by atoms with Crippen LogP contribution in [0.15, 0.2) is 90.1 Å². The van der Waals surface area contributed by atoms with Gasteiger partial charge in [0.15, 0.2) is 0 Å². The van der Waals surface area contributed by atoms with Crippen LogP contribution < -0.4 is 0 Å². The molecule has 0 radical (unpaired) electrons. The van der Waals surface area contributed by atoms with E-state index in [9.17, 15) is 0 Å². The maximum Gasteiger partial charge on any atom is 0.0297 e. The maximum atomic E-state index is 3.88. The summed E-state index contributed by atoms with van der Waals surface area (Å²) in [7, 11) is 2.20. The number of benzene rings is 2. The fraction of sp³-hybridized carbons (Fsp3) is 0.393. The summed E-state index contributed by atoms with van der Waals surface area (Å²) in [6.45, 7) is 6.95. The van der Waals surface area contributed by atoms with Crippen molar-refractivity contribution in [3.63, 3.8) is 0 Å². The number of hydrogen-bond donors (Lipinski definition) is 0. The standard InChI is InChI=1S/C22H30N2S.C6H7N/c1-23(25-22-12-6-3-7-13-22)16-8-9-17-24-18-14-21(15-19-24)20-10-4-2-5-11-20;1-6-3-2-4-7-5-6/h2-7,10-13,21H,8-9,14-19H2,1H3;2-5H,1H3. The van der Waals surface area contributed by atoms with Crippen LogP contribution >= 0.6 is 11.9 Å². The molecule has 32 heavy (non-hydrogen) atoms. The summed E-state index contributed by atoms with van der Waals surface area (Å²) < 4.78 is 2.36. The fourth-order valence-corrected chi connectivity index (χ4v) is 4.90. The number of unbranched alkanes of at least 4 members (excludes halogenated alkanes) is 1. The first-order chi connectivity index (χ1) is 15.7. The summed E-state index contributed by atoms with van der Waals surface area (Å²) in [5, 5.41) is 0. The minimum absolute atomic E-state index is 0.769. The average Bonchev–Trinajstić information content (AvgIpc) is 2.84. The third-order valence-electron chi connectivity index (χ3n) is 5.87. The van der Waals surface area contributed by atoms with Crippen LogP contribution in [0, 0.1) is 6.92 Å². The molecule has 0 spiro atoms. The molecule has 1 aliphatic rings. The monoisotopic (exact) mass is 447 g/mol. The first-order valence-electron chi connectivity index (χ1n) is 11.8. The Labute approximate surface area is 199 Å². The van der Waals surface area contributed by atoms with Crippen LogP contribution in [0.3, 0.4) is 0 Å². The van der Waals surface area contributed by atoms with E-state index in [1.165, 1.54) is 61.3 Å². The van der Waals surface area contributed by atoms with Gasteiger partial charge in [0.05, 0.1) is 0 Å². The van der Waals surface area contributed by atoms with Gasteiger partial charge in [-0.2, -0.15) is 0 Å². The van der Waals surface area contributed by atoms with Gasteiger partial charge in [0.25, 0.3) is 0 Å². The SMILES string of the molecule is CN(CCCCN1CCC(c2ccccc2)CC1)Sc1ccccc1.Cc1cccnc1. The molecule has 170 valence electrons. The summed E-state index contributed by atoms with van der Waals surface area (Å²) in [6, 6.07) is 25.6. The molecule has 1 aliphatic heterocycles. The molecule has 4 rings (SSSR count). The van der Waals surface area contributed by atoms with Crippen LogP contribution in [0.4, 0.5) is 0 Å². The number of pyridine rings is 1. The second-order valence-electron chi connectivity index (χ2n) is 8.52. The second-order valence-corrected chi connectivity index (χ2v) is 9.80. The Kier molecular flexibility index (Phi) is 10.8. The van der Waals surface area contributed by atoms with Gasteiger partial charge in [0.1, 0.15) is 0 Å². The van der Waals surface area contributed by atoms with Crippen LogP contribution in [0.25, 0.3) is 0 Å². The predicted molar refractivity (Wildman–Crippen MR) is 138 cm³/mol. The molecule has 0 bridgehead atoms. The Morgan fingerprint density at radius 3 is 2.19 bits per heavy atom. The van der Waals surface area contributed by atoms with Gasteiger partial charge in [0.2, 0.25) is 0 Å². The number of aromatic nitrogens is 1. The third-order valence-corrected chi connectivity index (χ3v) is 6.85. The second kappa shape index (κ2) is 14.1. The molecule has 0 N–H and O–H groups in total. The molecule has 0 saturated carbocycles. The molecule has 1 aromatic heterocycles. The van der Waals surface area contributed by atoms with E-state index >= 15 is 0 Å². The number of hydrogen-bond acceptors (Lipinski definition) is 4. The Hall–Kier alpha value is -2.14. The molecular formula is C28H37N3S. The number of piperidine rings is 1. The maximum absolute atomic E-state index is 3.88. The van der Waals surface area contributed by atoms with Crippen molar-refractivity contribution in [1.29, 1.82) is 0 Å². The largest absolute Gasteiger partial charge is 0.303 e. The molecule has 3 nitrogen and oxygen atoms in total. The lowest BCUT2D eigenvalue weighted by atomic mass is 9.89. The van der Waals surface area contributed by atoms with E-state index in [4.69, 9.17) is 0 Å². The molecule has 1 fully saturated rings. The highest BCUT2D eigenvalue weighted by molar-refractivity contribution is 7.97. The van der Waals surface area contributed by atoms with Crippen molar-refractivity contribution in [3.8, 4) is 0 Å². The zero-order valence-corrected chi connectivity index (χ0v) is 20.4. The number of likely N-dealkylation sites (tertiary alicyclic amines) is 1. The molecular weight excluding hydrogens is 410 g/mol. The third kappa shape index (κ3) is 9.15. The van der Waals surface area contributed by atoms with Gasteiger partial charge < -0.3 is 4.90 Å². The normalized spacial score (nSPS) is 14.7. The molecule has 0 amide bonds. The van der Waals surface area contributed by atoms with Gasteiger partial charge in [-0.25, -0.2) is 4.31 Å². The summed E-state index contributed by atoms with van der Waals surface area (Å²) in [5.74, 6) is 0.769. The molecule has 0 aliphatic carbocycles. The van der Waals surface area contributed by atoms with Crippen molar-refractivity contribution < 1.29 is 0 Å². The van der Waals surface area contributed by atoms with Crippen molar-refractivity contribution in [2.24, 2.45) is 0 Å². The lowest BCUT2D eigenvalue weighted by Gasteiger charge is -2.32. The number of rotatable bonds is 8. The van der Waals surface area contributed by atoms with Gasteiger partial charge in [-0.1, -0.05) is 54.6 Å². The lowest BCUT2D eigenvalue weighted by molar-refractivity contribution is 0.208. The van der Waals surface area contributed by atoms with Gasteiger partial charge in [-0.3, -0.25) is 4.98 Å². The molecule has 2 aromatic carbocycles. The summed E-state index contributed by atoms with van der Waals surface area (Å²) in [4.78, 5) is 7.87. The van der Waals surface area contributed by atoms with Crippen LogP contribution in [-0.2, 0) is 0 Å². The molecule has 0 unspecified atom stereocenters. The Balaban J connectivity index is 0.000000352. The average molecular weight is 448 g/mol. The summed E-state index contributed by atoms with van der Waals surface area (Å²) in [6.07, 6.45) is 8.80. The smallest absolute Gasteiger partial charge is 0.0297 e. The Bertz CT molecular complexity index is 850. The zero-order valence-electron chi connectivity index (χ0n) is 19.6. The number of nitrogens with zero attached hydrogens (tertiary/aromatic N) is 3. The van der Waals surface area contributed by atoms with Crippen LogP contribution in [0.2, 0.25) is 0 Å². The minimum Gasteiger partial charge on any atom is -0.303 e. The molecule has 2 heterocycles. The highest BCUT2D eigenvalue weighted by Crippen LogP contribution is 2.28. The number of aryl methyl sites for hydroxylation is 1. The van der Waals surface area contributed by atoms with Gasteiger partial charge >= 0.3 is 0 Å². The molecule has 1 saturated heterocycles. The van der Waals surface area contributed by atoms with Gasteiger partial charge in [-0.15, -0.1) is 0 Å². The van der Waals surface area contributed by atoms with E-state index in [1.807, 2.05) is 37.2 Å². The Morgan fingerprint density at radius 1 is 0.906 bits per heavy atom. The van der Waals surface area contributed by atoms with E-state index in [0.717, 1.165) is 12.5 Å². The van der Waals surface area contributed by atoms with Crippen molar-refractivity contribution in [1.82, 2.24) is 14.2 Å². The van der Waals surface area contributed by atoms with Crippen LogP contribution in [0.5, 0.6) is 0 Å². The van der Waals surface area contributed by atoms with E-state index in [0.29, 0.717) is 0 Å². The predicted octanol–water partition coefficient (Wildman–Crippen LogP) is 6.68. The van der Waals surface area contributed by atoms with Crippen molar-refractivity contribution in [2.75, 3.05) is 33.2 Å². The van der Waals surface area contributed by atoms with Crippen LogP contribution in [0.1, 0.15) is 42.7 Å². The van der Waals surface area contributed by atoms with Crippen molar-refractivity contribution in [2.45, 2.75) is 43.4 Å². The molecule has 3 aromatic rings. The van der Waals surface area contributed by atoms with Gasteiger partial charge in [0, 0.05) is 23.8 Å². The quantitative estimate of drug-likeness (QED) is 0.283. The highest BCUT2D eigenvalue weighted by atomic mass is 32.2. The van der Waals surface area contributed by atoms with E-state index in [-0.39, 0.29) is 0 Å². The lowest BCUT2D eigenvalue weighted by Crippen LogP contribution is -2.33. The Morgan fingerprint density at radius 2 is 1.59 bits per heavy atom. The molecule has 0 atom stereocenters. The highest BCUT2D eigenvalue weighted by Gasteiger charge is 2.19. The zero-order chi connectivity index (χ0) is 22.4. The first-order valence-corrected chi connectivity index (χ1v) is 12.6. The summed E-state index contributed by atoms with van der Waals surface area (Å²) >= 11 is 1.85. The van der Waals surface area contributed by atoms with Crippen molar-refractivity contribution >= 4 is 11.9 Å². The van der Waals surface area contributed by atoms with Gasteiger partial charge in [-0.05, 0) is 106 Å². The van der Waals surface area contributed by atoms with E-state index in [2.05, 4.69) is 81.9 Å². The van der Waals surface area contributed by atoms with Crippen LogP contribution in [-0.4, -0.2) is 47.4 Å². The minimum atomic E-state index is 0.769. The van der Waals surface area contributed by atoms with Crippen molar-refractivity contribution in [3.05, 3.63) is 96.3 Å².